The van der Waals surface area contributed by atoms with E-state index in [1.165, 1.54) is 11.8 Å². The number of guanidine groups is 2. The summed E-state index contributed by atoms with van der Waals surface area (Å²) in [5, 5.41) is 35.1. The van der Waals surface area contributed by atoms with Gasteiger partial charge in [-0.2, -0.15) is 0 Å². The van der Waals surface area contributed by atoms with Gasteiger partial charge in [-0.05, 0) is 64.8 Å². The molecule has 0 spiro atoms. The van der Waals surface area contributed by atoms with Crippen LogP contribution in [0.3, 0.4) is 0 Å². The Labute approximate surface area is 300 Å². The average molecular weight is 740 g/mol. The second-order valence-electron chi connectivity index (χ2n) is 12.5. The highest BCUT2D eigenvalue weighted by atomic mass is 16.4. The first-order valence-electron chi connectivity index (χ1n) is 17.1. The summed E-state index contributed by atoms with van der Waals surface area (Å²) >= 11 is 0. The standard InChI is InChI=1S/C30H53N13O9/c1-16(44)23(42-25(48)18(7-3-11-36-29(31)32)41-24(47)17-6-2-10-35-17)27(50)43-13-5-9-20(43)26(49)39-14-21(45)38-15-22(46)40-19(28(51)52)8-4-12-37-30(33)34/h16-20,23,35,44H,2-15H2,1H3,(H,38,45)(H,39,49)(H,40,46)(H,41,47)(H,42,48)(H,51,52)(H4,31,32,36)(H4,33,34,37)/t16-,17+,18+,19+,20+,23+/m1/s1. The maximum Gasteiger partial charge on any atom is 0.326 e. The maximum atomic E-state index is 13.6. The smallest absolute Gasteiger partial charge is 0.326 e. The summed E-state index contributed by atoms with van der Waals surface area (Å²) in [6, 6.07) is -5.30. The van der Waals surface area contributed by atoms with Gasteiger partial charge in [0, 0.05) is 19.6 Å². The second-order valence-corrected chi connectivity index (χ2v) is 12.5. The lowest BCUT2D eigenvalue weighted by Gasteiger charge is -2.31. The zero-order valence-electron chi connectivity index (χ0n) is 29.3. The van der Waals surface area contributed by atoms with Crippen LogP contribution < -0.4 is 54.8 Å². The molecule has 0 unspecified atom stereocenters. The van der Waals surface area contributed by atoms with Crippen molar-refractivity contribution in [1.29, 1.82) is 0 Å². The molecule has 0 aliphatic carbocycles. The number of carbonyl (C=O) groups is 7. The zero-order chi connectivity index (χ0) is 38.8. The Morgan fingerprint density at radius 3 is 1.98 bits per heavy atom. The van der Waals surface area contributed by atoms with Crippen LogP contribution in [-0.2, 0) is 33.6 Å². The van der Waals surface area contributed by atoms with Gasteiger partial charge in [-0.25, -0.2) is 4.79 Å². The van der Waals surface area contributed by atoms with Crippen LogP contribution in [0.4, 0.5) is 0 Å². The summed E-state index contributed by atoms with van der Waals surface area (Å²) < 4.78 is 0. The minimum Gasteiger partial charge on any atom is -0.480 e. The number of rotatable bonds is 21. The molecule has 0 bridgehead atoms. The highest BCUT2D eigenvalue weighted by molar-refractivity contribution is 5.96. The largest absolute Gasteiger partial charge is 0.480 e. The number of likely N-dealkylation sites (tertiary alicyclic amines) is 1. The number of aliphatic imine (C=N–C) groups is 2. The fourth-order valence-corrected chi connectivity index (χ4v) is 5.61. The number of nitrogens with two attached hydrogens (primary N) is 4. The molecule has 2 saturated heterocycles. The predicted molar refractivity (Wildman–Crippen MR) is 187 cm³/mol. The van der Waals surface area contributed by atoms with Crippen molar-refractivity contribution in [3.05, 3.63) is 0 Å². The first-order valence-corrected chi connectivity index (χ1v) is 17.1. The van der Waals surface area contributed by atoms with Crippen molar-refractivity contribution in [3.63, 3.8) is 0 Å². The van der Waals surface area contributed by atoms with Crippen molar-refractivity contribution in [1.82, 2.24) is 36.8 Å². The average Bonchev–Trinajstić information content (AvgIpc) is 3.80. The topological polar surface area (TPSA) is 364 Å². The number of hydrogen-bond acceptors (Lipinski definition) is 11. The predicted octanol–water partition coefficient (Wildman–Crippen LogP) is -6.01. The van der Waals surface area contributed by atoms with E-state index in [9.17, 15) is 43.8 Å². The molecule has 6 amide bonds. The van der Waals surface area contributed by atoms with Crippen LogP contribution in [0.1, 0.15) is 58.3 Å². The van der Waals surface area contributed by atoms with Crippen molar-refractivity contribution in [2.45, 2.75) is 94.6 Å². The summed E-state index contributed by atoms with van der Waals surface area (Å²) in [4.78, 5) is 97.9. The van der Waals surface area contributed by atoms with Gasteiger partial charge in [-0.3, -0.25) is 38.8 Å². The number of aliphatic hydroxyl groups excluding tert-OH is 1. The van der Waals surface area contributed by atoms with Gasteiger partial charge in [0.2, 0.25) is 35.4 Å². The van der Waals surface area contributed by atoms with E-state index in [0.29, 0.717) is 25.8 Å². The van der Waals surface area contributed by atoms with E-state index >= 15 is 0 Å². The van der Waals surface area contributed by atoms with Gasteiger partial charge in [0.05, 0.1) is 25.2 Å². The Morgan fingerprint density at radius 2 is 1.42 bits per heavy atom. The van der Waals surface area contributed by atoms with Crippen LogP contribution >= 0.6 is 0 Å². The van der Waals surface area contributed by atoms with Crippen molar-refractivity contribution in [2.24, 2.45) is 32.9 Å². The minimum absolute atomic E-state index is 0.0358. The molecule has 2 heterocycles. The minimum atomic E-state index is -1.47. The number of aliphatic hydroxyl groups is 1. The number of carboxylic acids is 1. The van der Waals surface area contributed by atoms with Crippen LogP contribution in [0.15, 0.2) is 9.98 Å². The van der Waals surface area contributed by atoms with Gasteiger partial charge in [0.1, 0.15) is 24.2 Å². The van der Waals surface area contributed by atoms with Crippen LogP contribution in [0.25, 0.3) is 0 Å². The van der Waals surface area contributed by atoms with Crippen LogP contribution in [0.2, 0.25) is 0 Å². The Bertz CT molecular complexity index is 1330. The molecule has 22 nitrogen and oxygen atoms in total. The molecular formula is C30H53N13O9. The summed E-state index contributed by atoms with van der Waals surface area (Å²) in [5.41, 5.74) is 21.2. The zero-order valence-corrected chi connectivity index (χ0v) is 29.3. The number of hydrogen-bond donors (Lipinski definition) is 12. The van der Waals surface area contributed by atoms with Crippen molar-refractivity contribution >= 4 is 53.3 Å². The summed E-state index contributed by atoms with van der Waals surface area (Å²) in [5.74, 6) is -5.63. The third kappa shape index (κ3) is 14.9. The van der Waals surface area contributed by atoms with Crippen molar-refractivity contribution < 1.29 is 43.8 Å². The molecule has 52 heavy (non-hydrogen) atoms. The van der Waals surface area contributed by atoms with Crippen LogP contribution in [0, 0.1) is 0 Å². The van der Waals surface area contributed by atoms with Gasteiger partial charge in [0.15, 0.2) is 11.9 Å². The van der Waals surface area contributed by atoms with Crippen LogP contribution in [0.5, 0.6) is 0 Å². The number of carbonyl (C=O) groups excluding carboxylic acids is 6. The molecule has 2 aliphatic heterocycles. The first kappa shape index (κ1) is 42.9. The third-order valence-corrected chi connectivity index (χ3v) is 8.29. The monoisotopic (exact) mass is 739 g/mol. The number of amides is 6. The lowest BCUT2D eigenvalue weighted by atomic mass is 10.1. The maximum absolute atomic E-state index is 13.6. The molecule has 2 rings (SSSR count). The van der Waals surface area contributed by atoms with Gasteiger partial charge >= 0.3 is 5.97 Å². The van der Waals surface area contributed by atoms with Gasteiger partial charge < -0.3 is 69.9 Å². The van der Waals surface area contributed by atoms with Gasteiger partial charge in [-0.15, -0.1) is 0 Å². The fourth-order valence-electron chi connectivity index (χ4n) is 5.61. The summed E-state index contributed by atoms with van der Waals surface area (Å²) in [6.45, 7) is 1.32. The van der Waals surface area contributed by atoms with E-state index in [0.717, 1.165) is 6.42 Å². The molecule has 0 saturated carbocycles. The Balaban J connectivity index is 1.95. The van der Waals surface area contributed by atoms with Gasteiger partial charge in [0.25, 0.3) is 0 Å². The number of carboxylic acid groups (broad SMARTS) is 1. The molecule has 0 aromatic rings. The van der Waals surface area contributed by atoms with E-state index in [1.54, 1.807) is 0 Å². The molecule has 22 heteroatoms. The van der Waals surface area contributed by atoms with E-state index < -0.39 is 84.9 Å². The fraction of sp³-hybridized carbons (Fsp3) is 0.700. The third-order valence-electron chi connectivity index (χ3n) is 8.29. The van der Waals surface area contributed by atoms with E-state index in [4.69, 9.17) is 22.9 Å². The van der Waals surface area contributed by atoms with E-state index in [-0.39, 0.29) is 63.1 Å². The Kier molecular flexibility index (Phi) is 18.0. The SMILES string of the molecule is C[C@@H](O)[C@H](NC(=O)[C@H](CCCN=C(N)N)NC(=O)[C@@H]1CCCN1)C(=O)N1CCC[C@H]1C(=O)NCC(=O)NCC(=O)N[C@@H](CCCN=C(N)N)C(=O)O. The lowest BCUT2D eigenvalue weighted by molar-refractivity contribution is -0.144. The number of nitrogens with zero attached hydrogens (tertiary/aromatic N) is 3. The van der Waals surface area contributed by atoms with E-state index in [1.807, 2.05) is 0 Å². The number of nitrogens with one attached hydrogen (secondary N) is 6. The Morgan fingerprint density at radius 1 is 0.808 bits per heavy atom. The highest BCUT2D eigenvalue weighted by Crippen LogP contribution is 2.20. The first-order chi connectivity index (χ1) is 24.6. The normalized spacial score (nSPS) is 18.8. The Hall–Kier alpha value is -5.25. The van der Waals surface area contributed by atoms with Crippen molar-refractivity contribution in [2.75, 3.05) is 39.3 Å². The molecule has 0 aromatic heterocycles. The van der Waals surface area contributed by atoms with Gasteiger partial charge in [-0.1, -0.05) is 0 Å². The molecule has 2 aliphatic rings. The van der Waals surface area contributed by atoms with Crippen LogP contribution in [-0.4, -0.2) is 144 Å². The molecule has 2 fully saturated rings. The summed E-state index contributed by atoms with van der Waals surface area (Å²) in [6.07, 6.45) is 1.42. The highest BCUT2D eigenvalue weighted by Gasteiger charge is 2.40. The molecule has 292 valence electrons. The molecule has 6 atom stereocenters. The van der Waals surface area contributed by atoms with Crippen molar-refractivity contribution in [3.8, 4) is 0 Å². The molecule has 0 aromatic carbocycles. The molecular weight excluding hydrogens is 686 g/mol. The second kappa shape index (κ2) is 21.9. The number of aliphatic carboxylic acids is 1. The quantitative estimate of drug-likeness (QED) is 0.0296. The molecule has 16 N–H and O–H groups in total. The lowest BCUT2D eigenvalue weighted by Crippen LogP contribution is -2.60. The molecule has 0 radical (unpaired) electrons. The summed E-state index contributed by atoms with van der Waals surface area (Å²) in [7, 11) is 0. The van der Waals surface area contributed by atoms with E-state index in [2.05, 4.69) is 41.9 Å².